The fourth-order valence-corrected chi connectivity index (χ4v) is 1.79. The molecule has 3 rings (SSSR count). The zero-order valence-corrected chi connectivity index (χ0v) is 8.60. The molecule has 2 heterocycles. The van der Waals surface area contributed by atoms with Crippen molar-refractivity contribution in [1.82, 2.24) is 14.6 Å². The summed E-state index contributed by atoms with van der Waals surface area (Å²) in [6.07, 6.45) is 0. The maximum Gasteiger partial charge on any atom is 0.367 e. The van der Waals surface area contributed by atoms with Gasteiger partial charge in [-0.15, -0.1) is 0 Å². The summed E-state index contributed by atoms with van der Waals surface area (Å²) in [7, 11) is 1.55. The summed E-state index contributed by atoms with van der Waals surface area (Å²) in [6, 6.07) is 9.29. The van der Waals surface area contributed by atoms with E-state index in [4.69, 9.17) is 4.74 Å². The molecule has 1 aromatic carbocycles. The zero-order valence-electron chi connectivity index (χ0n) is 8.60. The van der Waals surface area contributed by atoms with Crippen LogP contribution in [0.4, 0.5) is 0 Å². The fourth-order valence-electron chi connectivity index (χ4n) is 1.79. The van der Waals surface area contributed by atoms with Gasteiger partial charge in [0.2, 0.25) is 5.88 Å². The van der Waals surface area contributed by atoms with Crippen LogP contribution >= 0.6 is 0 Å². The number of nitrogens with one attached hydrogen (secondary N) is 1. The third kappa shape index (κ3) is 1.11. The molecule has 0 atom stereocenters. The van der Waals surface area contributed by atoms with E-state index < -0.39 is 0 Å². The predicted octanol–water partition coefficient (Wildman–Crippen LogP) is 1.18. The van der Waals surface area contributed by atoms with Crippen molar-refractivity contribution in [3.63, 3.8) is 0 Å². The van der Waals surface area contributed by atoms with Crippen LogP contribution in [0.15, 0.2) is 35.1 Å². The molecule has 16 heavy (non-hydrogen) atoms. The van der Waals surface area contributed by atoms with Crippen molar-refractivity contribution in [2.24, 2.45) is 0 Å². The first-order valence-electron chi connectivity index (χ1n) is 4.84. The van der Waals surface area contributed by atoms with Crippen LogP contribution in [-0.4, -0.2) is 21.7 Å². The van der Waals surface area contributed by atoms with E-state index >= 15 is 0 Å². The number of hydrogen-bond acceptors (Lipinski definition) is 3. The van der Waals surface area contributed by atoms with Crippen molar-refractivity contribution in [2.45, 2.75) is 0 Å². The lowest BCUT2D eigenvalue weighted by Crippen LogP contribution is -2.17. The van der Waals surface area contributed by atoms with Crippen LogP contribution in [0.25, 0.3) is 16.4 Å². The molecule has 80 valence electrons. The van der Waals surface area contributed by atoms with Crippen molar-refractivity contribution in [2.75, 3.05) is 7.11 Å². The van der Waals surface area contributed by atoms with Crippen LogP contribution in [0.2, 0.25) is 0 Å². The Balaban J connectivity index is 2.57. The molecular formula is C11H9N3O2. The number of aromatic amines is 1. The number of para-hydroxylation sites is 1. The molecule has 0 unspecified atom stereocenters. The van der Waals surface area contributed by atoms with E-state index in [0.29, 0.717) is 11.4 Å². The van der Waals surface area contributed by atoms with E-state index in [9.17, 15) is 4.79 Å². The molecular weight excluding hydrogens is 206 g/mol. The number of hydrogen-bond donors (Lipinski definition) is 1. The second kappa shape index (κ2) is 3.10. The van der Waals surface area contributed by atoms with Gasteiger partial charge in [0.05, 0.1) is 18.1 Å². The van der Waals surface area contributed by atoms with Crippen molar-refractivity contribution in [3.05, 3.63) is 40.8 Å². The SMILES string of the molecule is COc1cc2c3ccccc3nc(=O)n2[nH]1. The van der Waals surface area contributed by atoms with Gasteiger partial charge in [0, 0.05) is 11.5 Å². The first kappa shape index (κ1) is 8.96. The lowest BCUT2D eigenvalue weighted by molar-refractivity contribution is 0.394. The topological polar surface area (TPSA) is 59.4 Å². The van der Waals surface area contributed by atoms with Crippen LogP contribution in [0.5, 0.6) is 5.88 Å². The van der Waals surface area contributed by atoms with E-state index in [1.54, 1.807) is 13.2 Å². The van der Waals surface area contributed by atoms with Gasteiger partial charge in [-0.05, 0) is 6.07 Å². The quantitative estimate of drug-likeness (QED) is 0.663. The van der Waals surface area contributed by atoms with Crippen molar-refractivity contribution >= 4 is 16.4 Å². The maximum absolute atomic E-state index is 11.7. The van der Waals surface area contributed by atoms with E-state index in [-0.39, 0.29) is 5.69 Å². The molecule has 0 aliphatic carbocycles. The summed E-state index contributed by atoms with van der Waals surface area (Å²) >= 11 is 0. The molecule has 0 radical (unpaired) electrons. The lowest BCUT2D eigenvalue weighted by atomic mass is 10.2. The van der Waals surface area contributed by atoms with Crippen LogP contribution in [0, 0.1) is 0 Å². The van der Waals surface area contributed by atoms with Gasteiger partial charge >= 0.3 is 5.69 Å². The fraction of sp³-hybridized carbons (Fsp3) is 0.0909. The van der Waals surface area contributed by atoms with Crippen LogP contribution in [-0.2, 0) is 0 Å². The molecule has 0 saturated heterocycles. The smallest absolute Gasteiger partial charge is 0.367 e. The Morgan fingerprint density at radius 1 is 1.38 bits per heavy atom. The highest BCUT2D eigenvalue weighted by Gasteiger charge is 2.07. The summed E-state index contributed by atoms with van der Waals surface area (Å²) < 4.78 is 6.44. The van der Waals surface area contributed by atoms with Crippen LogP contribution < -0.4 is 10.4 Å². The Hall–Kier alpha value is -2.30. The van der Waals surface area contributed by atoms with E-state index in [1.807, 2.05) is 24.3 Å². The zero-order chi connectivity index (χ0) is 11.1. The normalized spacial score (nSPS) is 11.1. The molecule has 3 aromatic rings. The first-order valence-corrected chi connectivity index (χ1v) is 4.84. The summed E-state index contributed by atoms with van der Waals surface area (Å²) in [5.41, 5.74) is 1.12. The molecule has 2 aromatic heterocycles. The predicted molar refractivity (Wildman–Crippen MR) is 59.9 cm³/mol. The number of fused-ring (bicyclic) bond motifs is 3. The number of benzene rings is 1. The molecule has 0 aliphatic heterocycles. The molecule has 0 bridgehead atoms. The van der Waals surface area contributed by atoms with Crippen molar-refractivity contribution < 1.29 is 4.74 Å². The first-order chi connectivity index (χ1) is 7.79. The Labute approximate surface area is 90.3 Å². The highest BCUT2D eigenvalue weighted by molar-refractivity contribution is 5.93. The number of nitrogens with zero attached hydrogens (tertiary/aromatic N) is 2. The number of H-pyrrole nitrogens is 1. The highest BCUT2D eigenvalue weighted by Crippen LogP contribution is 2.19. The Kier molecular flexibility index (Phi) is 1.73. The second-order valence-electron chi connectivity index (χ2n) is 3.46. The third-order valence-corrected chi connectivity index (χ3v) is 2.54. The maximum atomic E-state index is 11.7. The van der Waals surface area contributed by atoms with Crippen LogP contribution in [0.3, 0.4) is 0 Å². The Bertz CT molecular complexity index is 727. The Morgan fingerprint density at radius 2 is 2.19 bits per heavy atom. The molecule has 0 aliphatic rings. The summed E-state index contributed by atoms with van der Waals surface area (Å²) in [5, 5.41) is 3.74. The monoisotopic (exact) mass is 215 g/mol. The number of rotatable bonds is 1. The molecule has 0 amide bonds. The van der Waals surface area contributed by atoms with Crippen molar-refractivity contribution in [3.8, 4) is 5.88 Å². The number of ether oxygens (including phenoxy) is 1. The standard InChI is InChI=1S/C11H9N3O2/c1-16-10-6-9-7-4-2-3-5-8(7)12-11(15)14(9)13-10/h2-6,13H,1H3. The van der Waals surface area contributed by atoms with Gasteiger partial charge in [-0.1, -0.05) is 18.2 Å². The van der Waals surface area contributed by atoms with Crippen molar-refractivity contribution in [1.29, 1.82) is 0 Å². The molecule has 0 spiro atoms. The molecule has 0 fully saturated rings. The van der Waals surface area contributed by atoms with Gasteiger partial charge in [0.25, 0.3) is 0 Å². The van der Waals surface area contributed by atoms with Gasteiger partial charge in [-0.2, -0.15) is 9.50 Å². The average molecular weight is 215 g/mol. The minimum Gasteiger partial charge on any atom is -0.481 e. The van der Waals surface area contributed by atoms with E-state index in [1.165, 1.54) is 4.52 Å². The van der Waals surface area contributed by atoms with Gasteiger partial charge in [-0.3, -0.25) is 5.10 Å². The highest BCUT2D eigenvalue weighted by atomic mass is 16.5. The summed E-state index contributed by atoms with van der Waals surface area (Å²) in [5.74, 6) is 0.537. The van der Waals surface area contributed by atoms with E-state index in [0.717, 1.165) is 10.9 Å². The van der Waals surface area contributed by atoms with Gasteiger partial charge in [-0.25, -0.2) is 4.79 Å². The van der Waals surface area contributed by atoms with Gasteiger partial charge < -0.3 is 4.74 Å². The minimum atomic E-state index is -0.336. The van der Waals surface area contributed by atoms with Crippen LogP contribution in [0.1, 0.15) is 0 Å². The van der Waals surface area contributed by atoms with Gasteiger partial charge in [0.15, 0.2) is 0 Å². The lowest BCUT2D eigenvalue weighted by Gasteiger charge is -1.97. The van der Waals surface area contributed by atoms with Gasteiger partial charge in [0.1, 0.15) is 0 Å². The number of methoxy groups -OCH3 is 1. The average Bonchev–Trinajstić information content (AvgIpc) is 2.74. The number of aromatic nitrogens is 3. The summed E-state index contributed by atoms with van der Waals surface area (Å²) in [4.78, 5) is 15.7. The molecule has 0 saturated carbocycles. The molecule has 1 N–H and O–H groups in total. The largest absolute Gasteiger partial charge is 0.481 e. The summed E-state index contributed by atoms with van der Waals surface area (Å²) in [6.45, 7) is 0. The van der Waals surface area contributed by atoms with E-state index in [2.05, 4.69) is 10.1 Å². The molecule has 5 heteroatoms. The minimum absolute atomic E-state index is 0.336. The molecule has 5 nitrogen and oxygen atoms in total. The second-order valence-corrected chi connectivity index (χ2v) is 3.46. The Morgan fingerprint density at radius 3 is 3.00 bits per heavy atom. The third-order valence-electron chi connectivity index (χ3n) is 2.54.